The lowest BCUT2D eigenvalue weighted by molar-refractivity contribution is -0.236. The molecule has 19 heteroatoms. The normalized spacial score (nSPS) is 22.5. The highest BCUT2D eigenvalue weighted by atomic mass is 31.3. The van der Waals surface area contributed by atoms with Crippen LogP contribution >= 0.6 is 23.4 Å². The molecule has 1 aliphatic heterocycles. The second kappa shape index (κ2) is 16.5. The van der Waals surface area contributed by atoms with Gasteiger partial charge < -0.3 is 24.5 Å². The number of ether oxygens (including phenoxy) is 1. The van der Waals surface area contributed by atoms with Crippen molar-refractivity contribution in [2.75, 3.05) is 13.2 Å². The number of aliphatic hydroxyl groups excluding tert-OH is 1. The molecular formula is C23H30N3O13P3-2. The first kappa shape index (κ1) is 35.9. The van der Waals surface area contributed by atoms with Crippen LogP contribution in [0.15, 0.2) is 15.8 Å². The molecule has 6 atom stereocenters. The van der Waals surface area contributed by atoms with E-state index >= 15 is 0 Å². The molecule has 2 heterocycles. The molecule has 1 fully saturated rings. The quantitative estimate of drug-likeness (QED) is 0.106. The summed E-state index contributed by atoms with van der Waals surface area (Å²) in [6.07, 6.45) is 11.2. The van der Waals surface area contributed by atoms with Crippen LogP contribution in [0.1, 0.15) is 63.2 Å². The van der Waals surface area contributed by atoms with E-state index in [1.54, 1.807) is 0 Å². The van der Waals surface area contributed by atoms with Gasteiger partial charge in [0, 0.05) is 38.4 Å². The lowest BCUT2D eigenvalue weighted by Gasteiger charge is -2.30. The fraction of sp³-hybridized carbons (Fsp3) is 0.565. The number of rotatable bonds is 16. The summed E-state index contributed by atoms with van der Waals surface area (Å²) in [7, 11) is -16.7. The van der Waals surface area contributed by atoms with Gasteiger partial charge in [-0.05, 0) is 25.7 Å². The Hall–Kier alpha value is -2.31. The van der Waals surface area contributed by atoms with Crippen LogP contribution in [0, 0.1) is 36.5 Å². The van der Waals surface area contributed by atoms with Crippen LogP contribution in [0.2, 0.25) is 0 Å². The zero-order valence-electron chi connectivity index (χ0n) is 22.2. The first-order valence-electron chi connectivity index (χ1n) is 12.5. The Bertz CT molecular complexity index is 1480. The lowest BCUT2D eigenvalue weighted by atomic mass is 10.2. The molecule has 4 unspecified atom stereocenters. The average molecular weight is 649 g/mol. The van der Waals surface area contributed by atoms with Crippen LogP contribution in [-0.4, -0.2) is 44.9 Å². The molecular weight excluding hydrogens is 619 g/mol. The maximum Gasteiger partial charge on any atom is 0.412 e. The Balaban J connectivity index is 2.14. The third kappa shape index (κ3) is 12.5. The number of terminal acetylenes is 2. The maximum absolute atomic E-state index is 13.1. The minimum atomic E-state index is -5.93. The van der Waals surface area contributed by atoms with Gasteiger partial charge in [-0.3, -0.25) is 28.0 Å². The minimum Gasteiger partial charge on any atom is -0.756 e. The first-order chi connectivity index (χ1) is 19.7. The molecule has 1 aromatic heterocycles. The highest BCUT2D eigenvalue weighted by molar-refractivity contribution is 7.66. The van der Waals surface area contributed by atoms with Crippen molar-refractivity contribution in [3.63, 3.8) is 0 Å². The molecule has 0 radical (unpaired) electrons. The van der Waals surface area contributed by atoms with Gasteiger partial charge in [0.2, 0.25) is 0 Å². The Kier molecular flexibility index (Phi) is 14.1. The molecule has 16 nitrogen and oxygen atoms in total. The van der Waals surface area contributed by atoms with Gasteiger partial charge in [0.25, 0.3) is 21.2 Å². The molecule has 0 spiro atoms. The SMILES string of the molecule is C#CCCCCC#Cc1cn([C@H]2CC(O)[C@@H](CNP(=O)(OCCCCC#C)OP(=O)([O-])OP(=O)([O-])O)O2)c(=O)[nH]c1=O. The molecule has 0 aliphatic carbocycles. The molecule has 0 amide bonds. The number of nitrogens with one attached hydrogen (secondary N) is 2. The fourth-order valence-corrected chi connectivity index (χ4v) is 7.28. The van der Waals surface area contributed by atoms with E-state index in [9.17, 15) is 38.2 Å². The maximum atomic E-state index is 13.1. The average Bonchev–Trinajstić information content (AvgIpc) is 3.24. The van der Waals surface area contributed by atoms with Crippen molar-refractivity contribution in [3.8, 4) is 36.5 Å². The van der Waals surface area contributed by atoms with Crippen LogP contribution < -0.4 is 26.1 Å². The topological polar surface area (TPSA) is 242 Å². The summed E-state index contributed by atoms with van der Waals surface area (Å²) in [6, 6.07) is 0. The number of aromatic amines is 1. The van der Waals surface area contributed by atoms with Gasteiger partial charge in [-0.1, -0.05) is 11.8 Å². The molecule has 2 rings (SSSR count). The third-order valence-electron chi connectivity index (χ3n) is 5.45. The van der Waals surface area contributed by atoms with Crippen molar-refractivity contribution >= 4 is 23.4 Å². The number of aliphatic hydroxyl groups is 1. The Labute approximate surface area is 241 Å². The van der Waals surface area contributed by atoms with Gasteiger partial charge >= 0.3 is 13.4 Å². The van der Waals surface area contributed by atoms with Crippen molar-refractivity contribution in [1.82, 2.24) is 14.6 Å². The van der Waals surface area contributed by atoms with Crippen LogP contribution in [0.4, 0.5) is 0 Å². The molecule has 0 bridgehead atoms. The monoisotopic (exact) mass is 649 g/mol. The number of phosphoric acid groups is 2. The molecule has 1 saturated heterocycles. The van der Waals surface area contributed by atoms with E-state index in [0.29, 0.717) is 32.1 Å². The summed E-state index contributed by atoms with van der Waals surface area (Å²) in [5.41, 5.74) is -1.62. The first-order valence-corrected chi connectivity index (χ1v) is 17.0. The predicted molar refractivity (Wildman–Crippen MR) is 144 cm³/mol. The Morgan fingerprint density at radius 2 is 1.74 bits per heavy atom. The number of H-pyrrole nitrogens is 1. The van der Waals surface area contributed by atoms with E-state index < -0.39 is 59.6 Å². The molecule has 4 N–H and O–H groups in total. The van der Waals surface area contributed by atoms with Crippen LogP contribution in [0.25, 0.3) is 0 Å². The van der Waals surface area contributed by atoms with Gasteiger partial charge in [0.1, 0.15) is 11.8 Å². The van der Waals surface area contributed by atoms with Crippen molar-refractivity contribution in [2.45, 2.75) is 69.8 Å². The largest absolute Gasteiger partial charge is 0.756 e. The number of aromatic nitrogens is 2. The summed E-state index contributed by atoms with van der Waals surface area (Å²) in [5, 5.41) is 12.6. The van der Waals surface area contributed by atoms with E-state index in [4.69, 9.17) is 27.0 Å². The van der Waals surface area contributed by atoms with E-state index in [1.165, 1.54) is 0 Å². The fourth-order valence-electron chi connectivity index (χ4n) is 3.54. The van der Waals surface area contributed by atoms with E-state index in [2.05, 4.69) is 42.4 Å². The lowest BCUT2D eigenvalue weighted by Crippen LogP contribution is -2.35. The van der Waals surface area contributed by atoms with Gasteiger partial charge in [-0.15, -0.1) is 24.7 Å². The van der Waals surface area contributed by atoms with Gasteiger partial charge in [-0.25, -0.2) is 23.1 Å². The summed E-state index contributed by atoms with van der Waals surface area (Å²) in [6.45, 7) is -0.937. The zero-order chi connectivity index (χ0) is 31.4. The van der Waals surface area contributed by atoms with Gasteiger partial charge in [0.05, 0.1) is 18.8 Å². The minimum absolute atomic E-state index is 0.0342. The second-order valence-corrected chi connectivity index (χ2v) is 13.5. The van der Waals surface area contributed by atoms with Crippen LogP contribution in [0.3, 0.4) is 0 Å². The number of nitrogens with zero attached hydrogens (tertiary/aromatic N) is 1. The molecule has 232 valence electrons. The smallest absolute Gasteiger partial charge is 0.412 e. The third-order valence-corrected chi connectivity index (χ3v) is 9.83. The second-order valence-electron chi connectivity index (χ2n) is 8.79. The van der Waals surface area contributed by atoms with E-state index in [1.807, 2.05) is 0 Å². The number of hydrogen-bond acceptors (Lipinski definition) is 12. The highest BCUT2D eigenvalue weighted by Crippen LogP contribution is 2.63. The predicted octanol–water partition coefficient (Wildman–Crippen LogP) is 0.210. The molecule has 1 aliphatic rings. The molecule has 42 heavy (non-hydrogen) atoms. The van der Waals surface area contributed by atoms with Crippen molar-refractivity contribution < 1.29 is 51.4 Å². The van der Waals surface area contributed by atoms with Gasteiger partial charge in [0.15, 0.2) is 0 Å². The summed E-state index contributed by atoms with van der Waals surface area (Å²) in [4.78, 5) is 58.2. The summed E-state index contributed by atoms with van der Waals surface area (Å²) >= 11 is 0. The van der Waals surface area contributed by atoms with E-state index in [0.717, 1.165) is 17.2 Å². The van der Waals surface area contributed by atoms with Crippen molar-refractivity contribution in [3.05, 3.63) is 32.6 Å². The van der Waals surface area contributed by atoms with Crippen LogP contribution in [0.5, 0.6) is 0 Å². The molecule has 1 aromatic rings. The van der Waals surface area contributed by atoms with Crippen molar-refractivity contribution in [2.24, 2.45) is 0 Å². The summed E-state index contributed by atoms with van der Waals surface area (Å²) in [5.74, 6) is 10.4. The van der Waals surface area contributed by atoms with Crippen molar-refractivity contribution in [1.29, 1.82) is 0 Å². The standard InChI is InChI=1S/C23H32N3O13P3/c1-3-5-7-9-10-11-13-18-17-26(23(29)25-22(18)28)21-15-19(27)20(37-21)16-24-40(30,36-14-12-8-6-4-2)38-42(34,35)39-41(31,32)33/h1-2,17,19-21,27H,5-10,12,14-16H2,(H,24,30)(H,34,35)(H,25,28,29)(H2,31,32,33)/p-2/t19?,20-,21-,40?/m1/s1. The zero-order valence-corrected chi connectivity index (χ0v) is 24.9. The number of unbranched alkanes of at least 4 members (excludes halogenated alkanes) is 5. The molecule has 0 saturated carbocycles. The molecule has 0 aromatic carbocycles. The Morgan fingerprint density at radius 1 is 1.10 bits per heavy atom. The van der Waals surface area contributed by atoms with Crippen LogP contribution in [-0.2, 0) is 31.6 Å². The Morgan fingerprint density at radius 3 is 2.38 bits per heavy atom. The number of hydrogen-bond donors (Lipinski definition) is 4. The van der Waals surface area contributed by atoms with E-state index in [-0.39, 0.29) is 25.0 Å². The van der Waals surface area contributed by atoms with Gasteiger partial charge in [-0.2, -0.15) is 0 Å². The summed E-state index contributed by atoms with van der Waals surface area (Å²) < 4.78 is 55.3. The highest BCUT2D eigenvalue weighted by Gasteiger charge is 2.39.